The van der Waals surface area contributed by atoms with Gasteiger partial charge in [-0.15, -0.1) is 0 Å². The van der Waals surface area contributed by atoms with Gasteiger partial charge < -0.3 is 10.1 Å². The fourth-order valence-corrected chi connectivity index (χ4v) is 2.77. The van der Waals surface area contributed by atoms with E-state index < -0.39 is 12.8 Å². The molecule has 0 saturated heterocycles. The second-order valence-corrected chi connectivity index (χ2v) is 7.06. The molecule has 0 bridgehead atoms. The molecule has 154 valence electrons. The number of nitrogens with one attached hydrogen (secondary N) is 1. The van der Waals surface area contributed by atoms with Crippen LogP contribution in [0.5, 0.6) is 0 Å². The average Bonchev–Trinajstić information content (AvgIpc) is 3.52. The van der Waals surface area contributed by atoms with Crippen LogP contribution in [0.3, 0.4) is 0 Å². The first-order valence-corrected chi connectivity index (χ1v) is 9.28. The van der Waals surface area contributed by atoms with E-state index in [1.807, 2.05) is 0 Å². The van der Waals surface area contributed by atoms with E-state index in [1.165, 1.54) is 6.20 Å². The number of Topliss-reactive ketones (excluding diaryl/α,β-unsaturated/α-hetero) is 1. The zero-order chi connectivity index (χ0) is 20.9. The second-order valence-electron chi connectivity index (χ2n) is 7.06. The van der Waals surface area contributed by atoms with Crippen LogP contribution in [0.2, 0.25) is 0 Å². The lowest BCUT2D eigenvalue weighted by molar-refractivity contribution is -0.176. The smallest absolute Gasteiger partial charge is 0.367 e. The topological polar surface area (TPSA) is 68.3 Å². The number of pyridine rings is 1. The maximum absolute atomic E-state index is 12.4. The number of amides is 1. The molecule has 0 radical (unpaired) electrons. The Morgan fingerprint density at radius 3 is 2.45 bits per heavy atom. The van der Waals surface area contributed by atoms with E-state index in [-0.39, 0.29) is 37.2 Å². The van der Waals surface area contributed by atoms with Crippen molar-refractivity contribution in [1.82, 2.24) is 10.3 Å². The third-order valence-corrected chi connectivity index (χ3v) is 4.48. The molecule has 0 spiro atoms. The third kappa shape index (κ3) is 6.98. The van der Waals surface area contributed by atoms with E-state index in [0.717, 1.165) is 18.4 Å². The van der Waals surface area contributed by atoms with Gasteiger partial charge in [-0.2, -0.15) is 13.2 Å². The first-order valence-electron chi connectivity index (χ1n) is 9.28. The highest BCUT2D eigenvalue weighted by molar-refractivity contribution is 5.94. The summed E-state index contributed by atoms with van der Waals surface area (Å²) in [5, 5.41) is 2.78. The number of alkyl halides is 3. The van der Waals surface area contributed by atoms with Crippen LogP contribution in [-0.4, -0.2) is 29.5 Å². The molecule has 2 aromatic rings. The quantitative estimate of drug-likeness (QED) is 0.691. The predicted octanol–water partition coefficient (Wildman–Crippen LogP) is 3.61. The SMILES string of the molecule is O=C(NCc1ccc(COCC(F)(F)F)cc1)c1ccnc(CC(=O)C2CC2)c1. The van der Waals surface area contributed by atoms with Crippen molar-refractivity contribution < 1.29 is 27.5 Å². The Bertz CT molecular complexity index is 862. The van der Waals surface area contributed by atoms with Gasteiger partial charge >= 0.3 is 6.18 Å². The van der Waals surface area contributed by atoms with Crippen LogP contribution < -0.4 is 5.32 Å². The summed E-state index contributed by atoms with van der Waals surface area (Å²) in [6, 6.07) is 9.97. The normalized spacial score (nSPS) is 13.9. The number of aromatic nitrogens is 1. The summed E-state index contributed by atoms with van der Waals surface area (Å²) in [5.41, 5.74) is 2.42. The van der Waals surface area contributed by atoms with Crippen molar-refractivity contribution in [2.24, 2.45) is 5.92 Å². The maximum Gasteiger partial charge on any atom is 0.411 e. The number of hydrogen-bond acceptors (Lipinski definition) is 4. The van der Waals surface area contributed by atoms with Gasteiger partial charge in [0.05, 0.1) is 6.61 Å². The molecule has 8 heteroatoms. The molecule has 1 heterocycles. The summed E-state index contributed by atoms with van der Waals surface area (Å²) in [4.78, 5) is 28.4. The number of hydrogen-bond donors (Lipinski definition) is 1. The molecule has 1 aromatic carbocycles. The van der Waals surface area contributed by atoms with Crippen LogP contribution in [-0.2, 0) is 29.1 Å². The van der Waals surface area contributed by atoms with Crippen molar-refractivity contribution in [2.75, 3.05) is 6.61 Å². The van der Waals surface area contributed by atoms with E-state index in [1.54, 1.807) is 36.4 Å². The Morgan fingerprint density at radius 2 is 1.79 bits per heavy atom. The van der Waals surface area contributed by atoms with Gasteiger partial charge in [-0.3, -0.25) is 14.6 Å². The van der Waals surface area contributed by atoms with Gasteiger partial charge in [-0.25, -0.2) is 0 Å². The van der Waals surface area contributed by atoms with Crippen molar-refractivity contribution in [2.45, 2.75) is 38.6 Å². The standard InChI is InChI=1S/C21H21F3N2O3/c22-21(23,24)13-29-12-15-3-1-14(2-4-15)11-26-20(28)17-7-8-25-18(9-17)10-19(27)16-5-6-16/h1-4,7-9,16H,5-6,10-13H2,(H,26,28). The molecule has 1 aliphatic rings. The number of nitrogens with zero attached hydrogens (tertiary/aromatic N) is 1. The van der Waals surface area contributed by atoms with Crippen LogP contribution in [0, 0.1) is 5.92 Å². The van der Waals surface area contributed by atoms with Crippen molar-refractivity contribution >= 4 is 11.7 Å². The molecule has 0 aliphatic heterocycles. The summed E-state index contributed by atoms with van der Waals surface area (Å²) in [7, 11) is 0. The highest BCUT2D eigenvalue weighted by atomic mass is 19.4. The third-order valence-electron chi connectivity index (χ3n) is 4.48. The van der Waals surface area contributed by atoms with Gasteiger partial charge in [-0.1, -0.05) is 24.3 Å². The molecular formula is C21H21F3N2O3. The predicted molar refractivity (Wildman–Crippen MR) is 99.0 cm³/mol. The number of ketones is 1. The summed E-state index contributed by atoms with van der Waals surface area (Å²) >= 11 is 0. The number of halogens is 3. The Morgan fingerprint density at radius 1 is 1.10 bits per heavy atom. The highest BCUT2D eigenvalue weighted by Crippen LogP contribution is 2.30. The molecule has 1 aliphatic carbocycles. The van der Waals surface area contributed by atoms with Gasteiger partial charge in [-0.05, 0) is 36.1 Å². The largest absolute Gasteiger partial charge is 0.411 e. The van der Waals surface area contributed by atoms with E-state index in [0.29, 0.717) is 16.8 Å². The molecule has 1 amide bonds. The van der Waals surface area contributed by atoms with Gasteiger partial charge in [0.1, 0.15) is 12.4 Å². The Kier molecular flexibility index (Phi) is 6.64. The molecular weight excluding hydrogens is 385 g/mol. The molecule has 0 atom stereocenters. The number of benzene rings is 1. The molecule has 0 unspecified atom stereocenters. The van der Waals surface area contributed by atoms with Crippen LogP contribution in [0.25, 0.3) is 0 Å². The number of rotatable bonds is 9. The molecule has 1 fully saturated rings. The van der Waals surface area contributed by atoms with Gasteiger partial charge in [0.25, 0.3) is 5.91 Å². The highest BCUT2D eigenvalue weighted by Gasteiger charge is 2.29. The molecule has 5 nitrogen and oxygen atoms in total. The Balaban J connectivity index is 1.48. The van der Waals surface area contributed by atoms with Crippen molar-refractivity contribution in [1.29, 1.82) is 0 Å². The molecule has 29 heavy (non-hydrogen) atoms. The van der Waals surface area contributed by atoms with Crippen LogP contribution in [0.1, 0.15) is 40.0 Å². The first kappa shape index (κ1) is 21.0. The van der Waals surface area contributed by atoms with E-state index in [4.69, 9.17) is 0 Å². The molecule has 1 aromatic heterocycles. The van der Waals surface area contributed by atoms with E-state index >= 15 is 0 Å². The van der Waals surface area contributed by atoms with Crippen molar-refractivity contribution in [3.05, 3.63) is 65.0 Å². The second kappa shape index (κ2) is 9.17. The molecule has 1 N–H and O–H groups in total. The van der Waals surface area contributed by atoms with E-state index in [9.17, 15) is 22.8 Å². The fraction of sp³-hybridized carbons (Fsp3) is 0.381. The number of carbonyl (C=O) groups excluding carboxylic acids is 2. The van der Waals surface area contributed by atoms with Crippen LogP contribution in [0.15, 0.2) is 42.6 Å². The van der Waals surface area contributed by atoms with E-state index in [2.05, 4.69) is 15.0 Å². The lowest BCUT2D eigenvalue weighted by atomic mass is 10.1. The Labute approximate surface area is 166 Å². The van der Waals surface area contributed by atoms with Crippen molar-refractivity contribution in [3.8, 4) is 0 Å². The zero-order valence-corrected chi connectivity index (χ0v) is 15.7. The lowest BCUT2D eigenvalue weighted by Gasteiger charge is -2.09. The summed E-state index contributed by atoms with van der Waals surface area (Å²) in [6.07, 6.45) is -0.718. The minimum Gasteiger partial charge on any atom is -0.367 e. The van der Waals surface area contributed by atoms with Gasteiger partial charge in [0, 0.05) is 36.3 Å². The summed E-state index contributed by atoms with van der Waals surface area (Å²) in [6.45, 7) is -1.16. The summed E-state index contributed by atoms with van der Waals surface area (Å²) < 4.78 is 40.8. The van der Waals surface area contributed by atoms with Gasteiger partial charge in [0.15, 0.2) is 0 Å². The minimum absolute atomic E-state index is 0.133. The number of carbonyl (C=O) groups is 2. The monoisotopic (exact) mass is 406 g/mol. The van der Waals surface area contributed by atoms with Crippen LogP contribution in [0.4, 0.5) is 13.2 Å². The summed E-state index contributed by atoms with van der Waals surface area (Å²) in [5.74, 6) is 0.0237. The fourth-order valence-electron chi connectivity index (χ4n) is 2.77. The molecule has 3 rings (SSSR count). The van der Waals surface area contributed by atoms with Crippen LogP contribution >= 0.6 is 0 Å². The molecule has 1 saturated carbocycles. The first-order chi connectivity index (χ1) is 13.8. The van der Waals surface area contributed by atoms with Gasteiger partial charge in [0.2, 0.25) is 0 Å². The van der Waals surface area contributed by atoms with Crippen molar-refractivity contribution in [3.63, 3.8) is 0 Å². The zero-order valence-electron chi connectivity index (χ0n) is 15.7. The maximum atomic E-state index is 12.4. The Hall–Kier alpha value is -2.74. The minimum atomic E-state index is -4.35. The number of ether oxygens (including phenoxy) is 1. The average molecular weight is 406 g/mol. The lowest BCUT2D eigenvalue weighted by Crippen LogP contribution is -2.23.